The van der Waals surface area contributed by atoms with E-state index in [9.17, 15) is 4.39 Å². The van der Waals surface area contributed by atoms with E-state index in [1.165, 1.54) is 12.1 Å². The van der Waals surface area contributed by atoms with Crippen molar-refractivity contribution < 1.29 is 9.13 Å². The molecule has 2 aromatic carbocycles. The zero-order chi connectivity index (χ0) is 18.5. The van der Waals surface area contributed by atoms with Crippen molar-refractivity contribution in [1.82, 2.24) is 9.78 Å². The van der Waals surface area contributed by atoms with Gasteiger partial charge in [0.1, 0.15) is 11.6 Å². The molecule has 134 valence electrons. The van der Waals surface area contributed by atoms with E-state index in [4.69, 9.17) is 28.6 Å². The van der Waals surface area contributed by atoms with Gasteiger partial charge in [-0.15, -0.1) is 0 Å². The average molecular weight is 391 g/mol. The SMILES string of the molecule is COc1ccc(NC(=S)Nc2cnn(Cc3ccc(F)cc3Cl)c2)cc1. The molecule has 0 fully saturated rings. The van der Waals surface area contributed by atoms with Gasteiger partial charge in [0.2, 0.25) is 0 Å². The minimum Gasteiger partial charge on any atom is -0.497 e. The summed E-state index contributed by atoms with van der Waals surface area (Å²) in [6, 6.07) is 11.7. The summed E-state index contributed by atoms with van der Waals surface area (Å²) in [5, 5.41) is 11.2. The highest BCUT2D eigenvalue weighted by Gasteiger charge is 2.06. The van der Waals surface area contributed by atoms with E-state index in [0.29, 0.717) is 16.7 Å². The van der Waals surface area contributed by atoms with E-state index in [2.05, 4.69) is 15.7 Å². The summed E-state index contributed by atoms with van der Waals surface area (Å²) >= 11 is 11.3. The zero-order valence-electron chi connectivity index (χ0n) is 13.9. The summed E-state index contributed by atoms with van der Waals surface area (Å²) in [7, 11) is 1.62. The molecule has 0 atom stereocenters. The number of aromatic nitrogens is 2. The smallest absolute Gasteiger partial charge is 0.175 e. The first-order chi connectivity index (χ1) is 12.5. The van der Waals surface area contributed by atoms with E-state index in [1.54, 1.807) is 30.3 Å². The largest absolute Gasteiger partial charge is 0.497 e. The van der Waals surface area contributed by atoms with Crippen molar-refractivity contribution in [3.05, 3.63) is 71.3 Å². The molecule has 5 nitrogen and oxygen atoms in total. The Hall–Kier alpha value is -2.64. The van der Waals surface area contributed by atoms with Gasteiger partial charge in [-0.05, 0) is 54.2 Å². The Balaban J connectivity index is 1.59. The molecule has 1 aromatic heterocycles. The molecule has 0 spiro atoms. The van der Waals surface area contributed by atoms with Crippen molar-refractivity contribution in [3.8, 4) is 5.75 Å². The molecule has 0 bridgehead atoms. The highest BCUT2D eigenvalue weighted by molar-refractivity contribution is 7.80. The van der Waals surface area contributed by atoms with Gasteiger partial charge in [-0.1, -0.05) is 17.7 Å². The van der Waals surface area contributed by atoms with Gasteiger partial charge in [0.25, 0.3) is 0 Å². The monoisotopic (exact) mass is 390 g/mol. The lowest BCUT2D eigenvalue weighted by Crippen LogP contribution is -2.18. The quantitative estimate of drug-likeness (QED) is 0.626. The number of benzene rings is 2. The molecule has 0 saturated carbocycles. The van der Waals surface area contributed by atoms with Crippen LogP contribution in [0.4, 0.5) is 15.8 Å². The molecular weight excluding hydrogens is 375 g/mol. The lowest BCUT2D eigenvalue weighted by molar-refractivity contribution is 0.415. The Morgan fingerprint density at radius 3 is 2.62 bits per heavy atom. The van der Waals surface area contributed by atoms with Crippen LogP contribution in [-0.2, 0) is 6.54 Å². The number of halogens is 2. The molecule has 0 aliphatic carbocycles. The topological polar surface area (TPSA) is 51.1 Å². The van der Waals surface area contributed by atoms with Crippen LogP contribution < -0.4 is 15.4 Å². The van der Waals surface area contributed by atoms with Gasteiger partial charge in [-0.3, -0.25) is 4.68 Å². The van der Waals surface area contributed by atoms with E-state index in [1.807, 2.05) is 24.3 Å². The van der Waals surface area contributed by atoms with Gasteiger partial charge < -0.3 is 15.4 Å². The molecule has 0 unspecified atom stereocenters. The summed E-state index contributed by atoms with van der Waals surface area (Å²) in [6.07, 6.45) is 3.45. The van der Waals surface area contributed by atoms with Crippen LogP contribution in [0.5, 0.6) is 5.75 Å². The summed E-state index contributed by atoms with van der Waals surface area (Å²) < 4.78 is 19.9. The summed E-state index contributed by atoms with van der Waals surface area (Å²) in [4.78, 5) is 0. The van der Waals surface area contributed by atoms with Crippen molar-refractivity contribution in [2.45, 2.75) is 6.54 Å². The number of ether oxygens (including phenoxy) is 1. The van der Waals surface area contributed by atoms with Crippen LogP contribution in [0.3, 0.4) is 0 Å². The van der Waals surface area contributed by atoms with Crippen LogP contribution >= 0.6 is 23.8 Å². The van der Waals surface area contributed by atoms with Crippen molar-refractivity contribution in [2.24, 2.45) is 0 Å². The zero-order valence-corrected chi connectivity index (χ0v) is 15.4. The molecule has 0 saturated heterocycles. The number of hydrogen-bond acceptors (Lipinski definition) is 3. The van der Waals surface area contributed by atoms with Gasteiger partial charge in [0.15, 0.2) is 5.11 Å². The van der Waals surface area contributed by atoms with Gasteiger partial charge in [0, 0.05) is 16.9 Å². The van der Waals surface area contributed by atoms with Crippen molar-refractivity contribution >= 4 is 40.3 Å². The number of hydrogen-bond donors (Lipinski definition) is 2. The Kier molecular flexibility index (Phi) is 5.70. The van der Waals surface area contributed by atoms with Crippen LogP contribution in [0, 0.1) is 5.82 Å². The van der Waals surface area contributed by atoms with Crippen molar-refractivity contribution in [3.63, 3.8) is 0 Å². The standard InChI is InChI=1S/C18H16ClFN4OS/c1-25-16-6-4-14(5-7-16)22-18(26)23-15-9-21-24(11-15)10-12-2-3-13(20)8-17(12)19/h2-9,11H,10H2,1H3,(H2,22,23,26). The fourth-order valence-corrected chi connectivity index (χ4v) is 2.77. The minimum atomic E-state index is -0.364. The highest BCUT2D eigenvalue weighted by Crippen LogP contribution is 2.19. The van der Waals surface area contributed by atoms with Crippen molar-refractivity contribution in [1.29, 1.82) is 0 Å². The second-order valence-electron chi connectivity index (χ2n) is 5.47. The van der Waals surface area contributed by atoms with Gasteiger partial charge in [0.05, 0.1) is 25.5 Å². The third-order valence-electron chi connectivity index (χ3n) is 3.59. The highest BCUT2D eigenvalue weighted by atomic mass is 35.5. The maximum absolute atomic E-state index is 13.1. The van der Waals surface area contributed by atoms with E-state index >= 15 is 0 Å². The van der Waals surface area contributed by atoms with E-state index in [-0.39, 0.29) is 5.82 Å². The summed E-state index contributed by atoms with van der Waals surface area (Å²) in [5.41, 5.74) is 2.35. The van der Waals surface area contributed by atoms with Crippen LogP contribution in [-0.4, -0.2) is 22.0 Å². The predicted molar refractivity (Wildman–Crippen MR) is 106 cm³/mol. The van der Waals surface area contributed by atoms with E-state index < -0.39 is 0 Å². The normalized spacial score (nSPS) is 10.4. The fraction of sp³-hybridized carbons (Fsp3) is 0.111. The first-order valence-corrected chi connectivity index (χ1v) is 8.50. The summed E-state index contributed by atoms with van der Waals surface area (Å²) in [6.45, 7) is 0.430. The Morgan fingerprint density at radius 1 is 1.19 bits per heavy atom. The van der Waals surface area contributed by atoms with Gasteiger partial charge in [-0.2, -0.15) is 5.10 Å². The van der Waals surface area contributed by atoms with Gasteiger partial charge >= 0.3 is 0 Å². The second kappa shape index (κ2) is 8.16. The number of nitrogens with one attached hydrogen (secondary N) is 2. The van der Waals surface area contributed by atoms with Crippen LogP contribution in [0.25, 0.3) is 0 Å². The molecule has 3 aromatic rings. The Labute approximate surface area is 160 Å². The third kappa shape index (κ3) is 4.71. The first kappa shape index (κ1) is 18.2. The number of thiocarbonyl (C=S) groups is 1. The molecule has 3 rings (SSSR count). The molecule has 26 heavy (non-hydrogen) atoms. The predicted octanol–water partition coefficient (Wildman–Crippen LogP) is 4.54. The molecule has 8 heteroatoms. The van der Waals surface area contributed by atoms with Crippen molar-refractivity contribution in [2.75, 3.05) is 17.7 Å². The molecular formula is C18H16ClFN4OS. The van der Waals surface area contributed by atoms with E-state index in [0.717, 1.165) is 22.7 Å². The first-order valence-electron chi connectivity index (χ1n) is 7.72. The number of nitrogens with zero attached hydrogens (tertiary/aromatic N) is 2. The van der Waals surface area contributed by atoms with Crippen LogP contribution in [0.2, 0.25) is 5.02 Å². The third-order valence-corrected chi connectivity index (χ3v) is 4.14. The van der Waals surface area contributed by atoms with Crippen LogP contribution in [0.1, 0.15) is 5.56 Å². The fourth-order valence-electron chi connectivity index (χ4n) is 2.31. The lowest BCUT2D eigenvalue weighted by Gasteiger charge is -2.09. The molecule has 0 radical (unpaired) electrons. The maximum Gasteiger partial charge on any atom is 0.175 e. The summed E-state index contributed by atoms with van der Waals surface area (Å²) in [5.74, 6) is 0.409. The average Bonchev–Trinajstić information content (AvgIpc) is 3.05. The molecule has 0 aliphatic heterocycles. The van der Waals surface area contributed by atoms with Crippen LogP contribution in [0.15, 0.2) is 54.9 Å². The molecule has 0 amide bonds. The Morgan fingerprint density at radius 2 is 1.92 bits per heavy atom. The molecule has 2 N–H and O–H groups in total. The number of methoxy groups -OCH3 is 1. The molecule has 1 heterocycles. The number of rotatable bonds is 5. The number of anilines is 2. The Bertz CT molecular complexity index is 914. The molecule has 0 aliphatic rings. The second-order valence-corrected chi connectivity index (χ2v) is 6.29. The minimum absolute atomic E-state index is 0.364. The maximum atomic E-state index is 13.1. The van der Waals surface area contributed by atoms with Gasteiger partial charge in [-0.25, -0.2) is 4.39 Å². The lowest BCUT2D eigenvalue weighted by atomic mass is 10.2.